The smallest absolute Gasteiger partial charge is 0.423 e. The van der Waals surface area contributed by atoms with E-state index in [-0.39, 0.29) is 12.1 Å². The van der Waals surface area contributed by atoms with Crippen molar-refractivity contribution in [2.24, 2.45) is 0 Å². The molecule has 1 aromatic rings. The van der Waals surface area contributed by atoms with Gasteiger partial charge in [0.1, 0.15) is 5.82 Å². The largest absolute Gasteiger partial charge is 0.491 e. The van der Waals surface area contributed by atoms with Crippen molar-refractivity contribution in [1.82, 2.24) is 5.32 Å². The first-order valence-electron chi connectivity index (χ1n) is 5.75. The minimum absolute atomic E-state index is 0.0173. The Bertz CT molecular complexity index is 535. The second-order valence-electron chi connectivity index (χ2n) is 4.32. The average Bonchev–Trinajstić information content (AvgIpc) is 2.67. The third-order valence-electron chi connectivity index (χ3n) is 2.83. The molecule has 1 heterocycles. The molecule has 0 atom stereocenters. The molecule has 0 saturated carbocycles. The number of hydrogen-bond donors (Lipinski definition) is 2. The molecule has 0 unspecified atom stereocenters. The molecule has 2 rings (SSSR count). The zero-order chi connectivity index (χ0) is 14.9. The van der Waals surface area contributed by atoms with Gasteiger partial charge in [-0.2, -0.15) is 13.2 Å². The molecular weight excluding hydrogens is 281 g/mol. The van der Waals surface area contributed by atoms with E-state index < -0.39 is 43.5 Å². The third kappa shape index (κ3) is 3.28. The Morgan fingerprint density at radius 2 is 2.15 bits per heavy atom. The van der Waals surface area contributed by atoms with E-state index in [4.69, 9.17) is 4.65 Å². The van der Waals surface area contributed by atoms with Crippen molar-refractivity contribution in [3.8, 4) is 0 Å². The van der Waals surface area contributed by atoms with Crippen LogP contribution in [0.15, 0.2) is 12.1 Å². The molecule has 0 aromatic heterocycles. The summed E-state index contributed by atoms with van der Waals surface area (Å²) in [7, 11) is -1.26. The number of rotatable bonds is 3. The molecule has 108 valence electrons. The summed E-state index contributed by atoms with van der Waals surface area (Å²) in [6, 6.07) is 2.12. The highest BCUT2D eigenvalue weighted by Crippen LogP contribution is 2.19. The molecule has 1 amide bonds. The molecule has 0 saturated heterocycles. The number of nitrogens with one attached hydrogen (secondary N) is 1. The molecule has 0 bridgehead atoms. The Kier molecular flexibility index (Phi) is 4.00. The van der Waals surface area contributed by atoms with Crippen LogP contribution in [0.3, 0.4) is 0 Å². The maximum Gasteiger partial charge on any atom is 0.491 e. The van der Waals surface area contributed by atoms with Gasteiger partial charge in [-0.05, 0) is 23.2 Å². The van der Waals surface area contributed by atoms with E-state index in [9.17, 15) is 27.4 Å². The van der Waals surface area contributed by atoms with Gasteiger partial charge in [-0.15, -0.1) is 0 Å². The SMILES string of the molecule is O=C(NCCC(F)(F)F)c1cc2c(cc1F)COB2O. The monoisotopic (exact) mass is 291 g/mol. The number of alkyl halides is 3. The fourth-order valence-electron chi connectivity index (χ4n) is 1.83. The van der Waals surface area contributed by atoms with Crippen LogP contribution in [0.25, 0.3) is 0 Å². The summed E-state index contributed by atoms with van der Waals surface area (Å²) in [5.41, 5.74) is 0.227. The minimum Gasteiger partial charge on any atom is -0.423 e. The zero-order valence-corrected chi connectivity index (χ0v) is 10.1. The Labute approximate surface area is 111 Å². The summed E-state index contributed by atoms with van der Waals surface area (Å²) in [5.74, 6) is -1.83. The van der Waals surface area contributed by atoms with Crippen molar-refractivity contribution >= 4 is 18.5 Å². The van der Waals surface area contributed by atoms with Gasteiger partial charge in [0.25, 0.3) is 5.91 Å². The highest BCUT2D eigenvalue weighted by Gasteiger charge is 2.30. The standard InChI is InChI=1S/C11H10BF4NO3/c13-9-3-6-5-20-12(19)8(6)4-7(9)10(18)17-2-1-11(14,15)16/h3-4,19H,1-2,5H2,(H,17,18). The van der Waals surface area contributed by atoms with Crippen molar-refractivity contribution in [2.75, 3.05) is 6.54 Å². The van der Waals surface area contributed by atoms with Crippen LogP contribution in [0.4, 0.5) is 17.6 Å². The predicted molar refractivity (Wildman–Crippen MR) is 61.8 cm³/mol. The van der Waals surface area contributed by atoms with E-state index in [1.807, 2.05) is 5.32 Å². The summed E-state index contributed by atoms with van der Waals surface area (Å²) in [5, 5.41) is 11.4. The van der Waals surface area contributed by atoms with Crippen molar-refractivity contribution in [3.63, 3.8) is 0 Å². The number of benzene rings is 1. The van der Waals surface area contributed by atoms with Crippen LogP contribution in [0.5, 0.6) is 0 Å². The Balaban J connectivity index is 2.09. The fraction of sp³-hybridized carbons (Fsp3) is 0.364. The molecule has 1 aliphatic rings. The third-order valence-corrected chi connectivity index (χ3v) is 2.83. The van der Waals surface area contributed by atoms with Crippen LogP contribution in [-0.4, -0.2) is 30.8 Å². The Morgan fingerprint density at radius 3 is 2.80 bits per heavy atom. The number of amides is 1. The van der Waals surface area contributed by atoms with Crippen LogP contribution in [-0.2, 0) is 11.3 Å². The topological polar surface area (TPSA) is 58.6 Å². The van der Waals surface area contributed by atoms with Gasteiger partial charge in [0.15, 0.2) is 0 Å². The maximum atomic E-state index is 13.7. The van der Waals surface area contributed by atoms with Crippen LogP contribution in [0, 0.1) is 5.82 Å². The van der Waals surface area contributed by atoms with E-state index in [0.29, 0.717) is 5.56 Å². The molecule has 0 radical (unpaired) electrons. The van der Waals surface area contributed by atoms with Crippen LogP contribution in [0.2, 0.25) is 0 Å². The number of halogens is 4. The van der Waals surface area contributed by atoms with Gasteiger partial charge in [0.05, 0.1) is 18.6 Å². The Hall–Kier alpha value is -1.61. The molecule has 9 heteroatoms. The lowest BCUT2D eigenvalue weighted by atomic mass is 9.78. The molecular formula is C11H10BF4NO3. The first kappa shape index (κ1) is 14.8. The van der Waals surface area contributed by atoms with E-state index in [1.54, 1.807) is 0 Å². The summed E-state index contributed by atoms with van der Waals surface area (Å²) >= 11 is 0. The normalized spacial score (nSPS) is 14.3. The molecule has 1 aliphatic heterocycles. The summed E-state index contributed by atoms with van der Waals surface area (Å²) in [4.78, 5) is 11.6. The first-order chi connectivity index (χ1) is 9.28. The summed E-state index contributed by atoms with van der Waals surface area (Å²) < 4.78 is 54.3. The van der Waals surface area contributed by atoms with Gasteiger partial charge in [-0.1, -0.05) is 0 Å². The number of carbonyl (C=O) groups excluding carboxylic acids is 1. The second kappa shape index (κ2) is 5.41. The van der Waals surface area contributed by atoms with E-state index in [1.165, 1.54) is 0 Å². The average molecular weight is 291 g/mol. The molecule has 0 fully saturated rings. The van der Waals surface area contributed by atoms with Crippen molar-refractivity contribution < 1.29 is 32.0 Å². The second-order valence-corrected chi connectivity index (χ2v) is 4.32. The van der Waals surface area contributed by atoms with Crippen molar-refractivity contribution in [3.05, 3.63) is 29.1 Å². The van der Waals surface area contributed by atoms with Gasteiger partial charge < -0.3 is 15.0 Å². The lowest BCUT2D eigenvalue weighted by Gasteiger charge is -2.09. The maximum absolute atomic E-state index is 13.7. The summed E-state index contributed by atoms with van der Waals surface area (Å²) in [6.07, 6.45) is -5.59. The van der Waals surface area contributed by atoms with Gasteiger partial charge in [0.2, 0.25) is 0 Å². The molecule has 20 heavy (non-hydrogen) atoms. The van der Waals surface area contributed by atoms with Crippen LogP contribution in [0.1, 0.15) is 22.3 Å². The van der Waals surface area contributed by atoms with Gasteiger partial charge >= 0.3 is 13.3 Å². The lowest BCUT2D eigenvalue weighted by molar-refractivity contribution is -0.132. The minimum atomic E-state index is -4.40. The van der Waals surface area contributed by atoms with E-state index >= 15 is 0 Å². The van der Waals surface area contributed by atoms with Crippen molar-refractivity contribution in [2.45, 2.75) is 19.2 Å². The van der Waals surface area contributed by atoms with Gasteiger partial charge in [-0.25, -0.2) is 4.39 Å². The summed E-state index contributed by atoms with van der Waals surface area (Å²) in [6.45, 7) is -0.624. The number of fused-ring (bicyclic) bond motifs is 1. The molecule has 0 spiro atoms. The highest BCUT2D eigenvalue weighted by atomic mass is 19.4. The molecule has 0 aliphatic carbocycles. The number of hydrogen-bond acceptors (Lipinski definition) is 3. The van der Waals surface area contributed by atoms with Crippen molar-refractivity contribution in [1.29, 1.82) is 0 Å². The fourth-order valence-corrected chi connectivity index (χ4v) is 1.83. The predicted octanol–water partition coefficient (Wildman–Crippen LogP) is 0.726. The van der Waals surface area contributed by atoms with Crippen LogP contribution < -0.4 is 10.8 Å². The quantitative estimate of drug-likeness (QED) is 0.637. The molecule has 4 nitrogen and oxygen atoms in total. The van der Waals surface area contributed by atoms with E-state index in [2.05, 4.69) is 0 Å². The lowest BCUT2D eigenvalue weighted by Crippen LogP contribution is -2.32. The van der Waals surface area contributed by atoms with E-state index in [0.717, 1.165) is 12.1 Å². The zero-order valence-electron chi connectivity index (χ0n) is 10.1. The molecule has 1 aromatic carbocycles. The van der Waals surface area contributed by atoms with Gasteiger partial charge in [0, 0.05) is 6.54 Å². The first-order valence-corrected chi connectivity index (χ1v) is 5.75. The van der Waals surface area contributed by atoms with Crippen LogP contribution >= 0.6 is 0 Å². The Morgan fingerprint density at radius 1 is 1.45 bits per heavy atom. The molecule has 2 N–H and O–H groups in total. The number of carbonyl (C=O) groups is 1. The highest BCUT2D eigenvalue weighted by molar-refractivity contribution is 6.61. The van der Waals surface area contributed by atoms with Gasteiger partial charge in [-0.3, -0.25) is 4.79 Å².